The first-order valence-corrected chi connectivity index (χ1v) is 6.98. The third-order valence-corrected chi connectivity index (χ3v) is 3.35. The summed E-state index contributed by atoms with van der Waals surface area (Å²) < 4.78 is 13.6. The molecule has 1 aromatic carbocycles. The zero-order valence-corrected chi connectivity index (χ0v) is 12.6. The maximum atomic E-state index is 13.6. The molecule has 3 amide bonds. The van der Waals surface area contributed by atoms with Crippen molar-refractivity contribution < 1.29 is 18.8 Å². The summed E-state index contributed by atoms with van der Waals surface area (Å²) >= 11 is 0. The summed E-state index contributed by atoms with van der Waals surface area (Å²) in [7, 11) is 3.85. The third kappa shape index (κ3) is 3.30. The van der Waals surface area contributed by atoms with Crippen LogP contribution in [0.15, 0.2) is 18.2 Å². The lowest BCUT2D eigenvalue weighted by atomic mass is 10.1. The Hall–Kier alpha value is -2.28. The summed E-state index contributed by atoms with van der Waals surface area (Å²) in [6.45, 7) is 0.876. The number of fused-ring (bicyclic) bond motifs is 1. The molecule has 0 radical (unpaired) electrons. The van der Waals surface area contributed by atoms with E-state index in [2.05, 4.69) is 5.32 Å². The molecule has 0 unspecified atom stereocenters. The van der Waals surface area contributed by atoms with Gasteiger partial charge in [-0.3, -0.25) is 19.3 Å². The van der Waals surface area contributed by atoms with E-state index in [1.807, 2.05) is 19.0 Å². The van der Waals surface area contributed by atoms with Crippen LogP contribution in [0.25, 0.3) is 0 Å². The number of hydrogen-bond acceptors (Lipinski definition) is 4. The molecular weight excluding hydrogens is 289 g/mol. The summed E-state index contributed by atoms with van der Waals surface area (Å²) in [5, 5.41) is 2.64. The zero-order chi connectivity index (χ0) is 16.3. The largest absolute Gasteiger partial charge is 0.354 e. The van der Waals surface area contributed by atoms with Crippen LogP contribution in [0.4, 0.5) is 4.39 Å². The fourth-order valence-electron chi connectivity index (χ4n) is 2.26. The Morgan fingerprint density at radius 1 is 1.27 bits per heavy atom. The second-order valence-electron chi connectivity index (χ2n) is 5.37. The van der Waals surface area contributed by atoms with Crippen LogP contribution in [0.2, 0.25) is 0 Å². The lowest BCUT2D eigenvalue weighted by Crippen LogP contribution is -2.41. The van der Waals surface area contributed by atoms with Gasteiger partial charge in [-0.2, -0.15) is 0 Å². The fourth-order valence-corrected chi connectivity index (χ4v) is 2.26. The van der Waals surface area contributed by atoms with Gasteiger partial charge in [0.15, 0.2) is 0 Å². The maximum Gasteiger partial charge on any atom is 0.265 e. The van der Waals surface area contributed by atoms with Crippen molar-refractivity contribution in [3.8, 4) is 0 Å². The van der Waals surface area contributed by atoms with Gasteiger partial charge in [-0.15, -0.1) is 0 Å². The molecule has 118 valence electrons. The minimum atomic E-state index is -0.762. The molecule has 1 N–H and O–H groups in total. The lowest BCUT2D eigenvalue weighted by molar-refractivity contribution is -0.121. The Labute approximate surface area is 127 Å². The summed E-state index contributed by atoms with van der Waals surface area (Å²) in [6.07, 6.45) is 0.759. The second-order valence-corrected chi connectivity index (χ2v) is 5.37. The molecule has 0 spiro atoms. The predicted octanol–water partition coefficient (Wildman–Crippen LogP) is 0.490. The van der Waals surface area contributed by atoms with Gasteiger partial charge in [-0.25, -0.2) is 4.39 Å². The van der Waals surface area contributed by atoms with E-state index in [0.717, 1.165) is 23.9 Å². The van der Waals surface area contributed by atoms with Crippen LogP contribution in [0.3, 0.4) is 0 Å². The van der Waals surface area contributed by atoms with Gasteiger partial charge in [-0.1, -0.05) is 6.07 Å². The van der Waals surface area contributed by atoms with Crippen molar-refractivity contribution in [3.05, 3.63) is 35.1 Å². The molecule has 0 aliphatic carbocycles. The van der Waals surface area contributed by atoms with E-state index in [1.165, 1.54) is 12.1 Å². The van der Waals surface area contributed by atoms with E-state index in [-0.39, 0.29) is 11.1 Å². The molecule has 6 nitrogen and oxygen atoms in total. The Morgan fingerprint density at radius 2 is 2.00 bits per heavy atom. The van der Waals surface area contributed by atoms with Crippen LogP contribution < -0.4 is 5.32 Å². The summed E-state index contributed by atoms with van der Waals surface area (Å²) in [5.41, 5.74) is -0.252. The molecule has 2 rings (SSSR count). The highest BCUT2D eigenvalue weighted by atomic mass is 19.1. The smallest absolute Gasteiger partial charge is 0.265 e. The van der Waals surface area contributed by atoms with Crippen molar-refractivity contribution in [2.75, 3.05) is 33.7 Å². The van der Waals surface area contributed by atoms with Gasteiger partial charge in [-0.05, 0) is 39.2 Å². The van der Waals surface area contributed by atoms with Crippen molar-refractivity contribution >= 4 is 17.7 Å². The van der Waals surface area contributed by atoms with Gasteiger partial charge >= 0.3 is 0 Å². The van der Waals surface area contributed by atoms with E-state index in [4.69, 9.17) is 0 Å². The number of carbonyl (C=O) groups excluding carboxylic acids is 3. The van der Waals surface area contributed by atoms with Crippen molar-refractivity contribution in [2.45, 2.75) is 6.42 Å². The van der Waals surface area contributed by atoms with Crippen LogP contribution >= 0.6 is 0 Å². The van der Waals surface area contributed by atoms with Gasteiger partial charge in [0, 0.05) is 6.54 Å². The van der Waals surface area contributed by atoms with Gasteiger partial charge in [0.1, 0.15) is 12.4 Å². The number of carbonyl (C=O) groups is 3. The summed E-state index contributed by atoms with van der Waals surface area (Å²) in [6, 6.07) is 3.87. The number of hydrogen-bond donors (Lipinski definition) is 1. The fraction of sp³-hybridized carbons (Fsp3) is 0.400. The number of benzene rings is 1. The van der Waals surface area contributed by atoms with Gasteiger partial charge in [0.25, 0.3) is 11.8 Å². The Bertz CT molecular complexity index is 616. The predicted molar refractivity (Wildman–Crippen MR) is 77.9 cm³/mol. The standard InChI is InChI=1S/C15H18FN3O3/c1-18(2)8-4-7-17-12(20)9-19-14(21)10-5-3-6-11(16)13(10)15(19)22/h3,5-6H,4,7-9H2,1-2H3,(H,17,20). The Balaban J connectivity index is 1.95. The molecule has 0 bridgehead atoms. The number of nitrogens with one attached hydrogen (secondary N) is 1. The average molecular weight is 307 g/mol. The number of rotatable bonds is 6. The minimum Gasteiger partial charge on any atom is -0.354 e. The van der Waals surface area contributed by atoms with Crippen LogP contribution in [0.5, 0.6) is 0 Å². The number of imide groups is 1. The maximum absolute atomic E-state index is 13.6. The van der Waals surface area contributed by atoms with Gasteiger partial charge in [0.05, 0.1) is 11.1 Å². The van der Waals surface area contributed by atoms with E-state index < -0.39 is 30.1 Å². The van der Waals surface area contributed by atoms with Crippen molar-refractivity contribution in [2.24, 2.45) is 0 Å². The minimum absolute atomic E-state index is 0.00501. The SMILES string of the molecule is CN(C)CCCNC(=O)CN1C(=O)c2cccc(F)c2C1=O. The molecule has 0 saturated heterocycles. The highest BCUT2D eigenvalue weighted by Crippen LogP contribution is 2.24. The lowest BCUT2D eigenvalue weighted by Gasteiger charge is -2.14. The Morgan fingerprint density at radius 3 is 2.64 bits per heavy atom. The molecule has 1 aromatic rings. The summed E-state index contributed by atoms with van der Waals surface area (Å²) in [4.78, 5) is 38.7. The first-order chi connectivity index (χ1) is 10.4. The molecule has 0 aromatic heterocycles. The average Bonchev–Trinajstić information content (AvgIpc) is 2.70. The first kappa shape index (κ1) is 16.1. The van der Waals surface area contributed by atoms with E-state index in [0.29, 0.717) is 6.54 Å². The van der Waals surface area contributed by atoms with Crippen LogP contribution in [0.1, 0.15) is 27.1 Å². The number of nitrogens with zero attached hydrogens (tertiary/aromatic N) is 2. The topological polar surface area (TPSA) is 69.7 Å². The zero-order valence-electron chi connectivity index (χ0n) is 12.6. The second kappa shape index (κ2) is 6.65. The monoisotopic (exact) mass is 307 g/mol. The number of amides is 3. The molecular formula is C15H18FN3O3. The molecule has 0 atom stereocenters. The van der Waals surface area contributed by atoms with E-state index in [9.17, 15) is 18.8 Å². The van der Waals surface area contributed by atoms with Crippen LogP contribution in [-0.4, -0.2) is 61.3 Å². The molecule has 1 aliphatic heterocycles. The summed E-state index contributed by atoms with van der Waals surface area (Å²) in [5.74, 6) is -2.58. The van der Waals surface area contributed by atoms with Crippen molar-refractivity contribution in [1.82, 2.24) is 15.1 Å². The number of halogens is 1. The Kier molecular flexibility index (Phi) is 4.87. The molecule has 7 heteroatoms. The molecule has 0 saturated carbocycles. The van der Waals surface area contributed by atoms with Crippen molar-refractivity contribution in [1.29, 1.82) is 0 Å². The molecule has 22 heavy (non-hydrogen) atoms. The molecule has 1 heterocycles. The highest BCUT2D eigenvalue weighted by Gasteiger charge is 2.38. The normalized spacial score (nSPS) is 13.7. The van der Waals surface area contributed by atoms with Gasteiger partial charge in [0.2, 0.25) is 5.91 Å². The molecule has 0 fully saturated rings. The van der Waals surface area contributed by atoms with E-state index in [1.54, 1.807) is 0 Å². The van der Waals surface area contributed by atoms with Crippen LogP contribution in [-0.2, 0) is 4.79 Å². The van der Waals surface area contributed by atoms with Gasteiger partial charge < -0.3 is 10.2 Å². The molecule has 1 aliphatic rings. The van der Waals surface area contributed by atoms with Crippen LogP contribution in [0, 0.1) is 5.82 Å². The first-order valence-electron chi connectivity index (χ1n) is 6.98. The van der Waals surface area contributed by atoms with E-state index >= 15 is 0 Å². The quantitative estimate of drug-likeness (QED) is 0.613. The highest BCUT2D eigenvalue weighted by molar-refractivity contribution is 6.22. The van der Waals surface area contributed by atoms with Crippen molar-refractivity contribution in [3.63, 3.8) is 0 Å². The third-order valence-electron chi connectivity index (χ3n) is 3.35.